The van der Waals surface area contributed by atoms with E-state index in [4.69, 9.17) is 4.74 Å². The first-order valence-corrected chi connectivity index (χ1v) is 7.17. The third kappa shape index (κ3) is 3.10. The summed E-state index contributed by atoms with van der Waals surface area (Å²) in [7, 11) is 0. The van der Waals surface area contributed by atoms with Crippen molar-refractivity contribution in [1.29, 1.82) is 0 Å². The van der Waals surface area contributed by atoms with Gasteiger partial charge in [0.2, 0.25) is 0 Å². The summed E-state index contributed by atoms with van der Waals surface area (Å²) in [6, 6.07) is 7.39. The van der Waals surface area contributed by atoms with Crippen molar-refractivity contribution in [3.05, 3.63) is 46.1 Å². The fourth-order valence-corrected chi connectivity index (χ4v) is 2.84. The molecule has 0 saturated carbocycles. The van der Waals surface area contributed by atoms with E-state index in [-0.39, 0.29) is 24.6 Å². The van der Waals surface area contributed by atoms with E-state index in [1.165, 1.54) is 0 Å². The maximum atomic E-state index is 12.0. The zero-order valence-corrected chi connectivity index (χ0v) is 12.6. The maximum absolute atomic E-state index is 12.0. The summed E-state index contributed by atoms with van der Waals surface area (Å²) >= 11 is 3.37. The van der Waals surface area contributed by atoms with Crippen LogP contribution >= 0.6 is 15.9 Å². The van der Waals surface area contributed by atoms with Crippen molar-refractivity contribution in [2.45, 2.75) is 19.3 Å². The van der Waals surface area contributed by atoms with Crippen LogP contribution in [-0.2, 0) is 14.3 Å². The molecule has 0 saturated heterocycles. The number of aliphatic hydroxyl groups is 1. The van der Waals surface area contributed by atoms with Gasteiger partial charge in [-0.3, -0.25) is 9.59 Å². The molecule has 2 atom stereocenters. The Balaban J connectivity index is 2.40. The Morgan fingerprint density at radius 2 is 2.25 bits per heavy atom. The number of hydrogen-bond acceptors (Lipinski definition) is 4. The van der Waals surface area contributed by atoms with Crippen LogP contribution in [0.2, 0.25) is 0 Å². The molecule has 2 rings (SSSR count). The molecule has 1 aliphatic carbocycles. The molecule has 0 amide bonds. The van der Waals surface area contributed by atoms with Crippen molar-refractivity contribution in [3.63, 3.8) is 0 Å². The van der Waals surface area contributed by atoms with Gasteiger partial charge in [-0.2, -0.15) is 0 Å². The van der Waals surface area contributed by atoms with Crippen LogP contribution in [0.3, 0.4) is 0 Å². The Bertz CT molecular complexity index is 565. The predicted molar refractivity (Wildman–Crippen MR) is 77.3 cm³/mol. The van der Waals surface area contributed by atoms with Gasteiger partial charge in [0.1, 0.15) is 11.7 Å². The first-order chi connectivity index (χ1) is 9.52. The maximum Gasteiger partial charge on any atom is 0.317 e. The minimum Gasteiger partial charge on any atom is -0.511 e. The van der Waals surface area contributed by atoms with Crippen LogP contribution in [0.1, 0.15) is 24.8 Å². The van der Waals surface area contributed by atoms with Crippen LogP contribution in [0.25, 0.3) is 0 Å². The normalized spacial score (nSPS) is 22.3. The van der Waals surface area contributed by atoms with Gasteiger partial charge < -0.3 is 9.84 Å². The van der Waals surface area contributed by atoms with Crippen molar-refractivity contribution in [3.8, 4) is 0 Å². The Morgan fingerprint density at radius 3 is 2.90 bits per heavy atom. The second-order valence-corrected chi connectivity index (χ2v) is 5.55. The number of hydrogen-bond donors (Lipinski definition) is 1. The molecule has 4 nitrogen and oxygen atoms in total. The number of ketones is 1. The summed E-state index contributed by atoms with van der Waals surface area (Å²) in [5, 5.41) is 9.97. The lowest BCUT2D eigenvalue weighted by atomic mass is 9.77. The largest absolute Gasteiger partial charge is 0.511 e. The van der Waals surface area contributed by atoms with Crippen molar-refractivity contribution < 1.29 is 19.4 Å². The molecule has 1 aliphatic rings. The monoisotopic (exact) mass is 338 g/mol. The molecule has 1 aromatic rings. The lowest BCUT2D eigenvalue weighted by Gasteiger charge is -2.28. The third-order valence-electron chi connectivity index (χ3n) is 3.27. The predicted octanol–water partition coefficient (Wildman–Crippen LogP) is 3.13. The molecule has 1 N–H and O–H groups in total. The van der Waals surface area contributed by atoms with Crippen LogP contribution in [0.5, 0.6) is 0 Å². The Labute approximate surface area is 125 Å². The van der Waals surface area contributed by atoms with Gasteiger partial charge in [-0.15, -0.1) is 0 Å². The minimum atomic E-state index is -0.818. The second kappa shape index (κ2) is 6.22. The average molecular weight is 339 g/mol. The van der Waals surface area contributed by atoms with E-state index < -0.39 is 17.8 Å². The van der Waals surface area contributed by atoms with E-state index in [1.807, 2.05) is 24.3 Å². The molecule has 0 radical (unpaired) electrons. The van der Waals surface area contributed by atoms with Gasteiger partial charge in [0.05, 0.1) is 6.61 Å². The minimum absolute atomic E-state index is 0.185. The summed E-state index contributed by atoms with van der Waals surface area (Å²) in [4.78, 5) is 23.7. The molecular formula is C15H15BrO4. The number of aliphatic hydroxyl groups excluding tert-OH is 1. The highest BCUT2D eigenvalue weighted by Gasteiger charge is 2.38. The smallest absolute Gasteiger partial charge is 0.317 e. The van der Waals surface area contributed by atoms with Crippen molar-refractivity contribution in [2.75, 3.05) is 6.61 Å². The first-order valence-electron chi connectivity index (χ1n) is 6.38. The number of rotatable bonds is 3. The lowest BCUT2D eigenvalue weighted by Crippen LogP contribution is -2.31. The zero-order valence-electron chi connectivity index (χ0n) is 11.0. The molecule has 0 spiro atoms. The average Bonchev–Trinajstić information content (AvgIpc) is 2.37. The van der Waals surface area contributed by atoms with Gasteiger partial charge in [0.25, 0.3) is 0 Å². The highest BCUT2D eigenvalue weighted by Crippen LogP contribution is 2.37. The number of ether oxygens (including phenoxy) is 1. The molecule has 0 aliphatic heterocycles. The van der Waals surface area contributed by atoms with Crippen LogP contribution in [0.4, 0.5) is 0 Å². The highest BCUT2D eigenvalue weighted by atomic mass is 79.9. The topological polar surface area (TPSA) is 63.6 Å². The number of carbonyl (C=O) groups excluding carboxylic acids is 2. The summed E-state index contributed by atoms with van der Waals surface area (Å²) in [5.74, 6) is -2.12. The summed E-state index contributed by atoms with van der Waals surface area (Å²) in [5.41, 5.74) is 0.824. The number of allylic oxidation sites excluding steroid dienone is 1. The van der Waals surface area contributed by atoms with Crippen molar-refractivity contribution >= 4 is 27.7 Å². The molecule has 0 bridgehead atoms. The quantitative estimate of drug-likeness (QED) is 0.860. The lowest BCUT2D eigenvalue weighted by molar-refractivity contribution is -0.148. The molecule has 0 fully saturated rings. The molecule has 0 aromatic heterocycles. The first kappa shape index (κ1) is 14.8. The highest BCUT2D eigenvalue weighted by molar-refractivity contribution is 9.10. The SMILES string of the molecule is CCOC(=O)C1C(O)=CC(=O)CC1c1cccc(Br)c1. The van der Waals surface area contributed by atoms with Crippen LogP contribution in [0.15, 0.2) is 40.6 Å². The van der Waals surface area contributed by atoms with Gasteiger partial charge in [0, 0.05) is 22.9 Å². The Hall–Kier alpha value is -1.62. The molecule has 0 heterocycles. The van der Waals surface area contributed by atoms with Gasteiger partial charge in [-0.25, -0.2) is 0 Å². The van der Waals surface area contributed by atoms with E-state index in [9.17, 15) is 14.7 Å². The summed E-state index contributed by atoms with van der Waals surface area (Å²) in [6.07, 6.45) is 1.31. The fourth-order valence-electron chi connectivity index (χ4n) is 2.42. The van der Waals surface area contributed by atoms with E-state index in [2.05, 4.69) is 15.9 Å². The van der Waals surface area contributed by atoms with Crippen molar-refractivity contribution in [2.24, 2.45) is 5.92 Å². The fraction of sp³-hybridized carbons (Fsp3) is 0.333. The van der Waals surface area contributed by atoms with Crippen LogP contribution < -0.4 is 0 Å². The van der Waals surface area contributed by atoms with Gasteiger partial charge in [-0.05, 0) is 24.6 Å². The number of halogens is 1. The van der Waals surface area contributed by atoms with E-state index in [1.54, 1.807) is 6.92 Å². The third-order valence-corrected chi connectivity index (χ3v) is 3.76. The Kier molecular flexibility index (Phi) is 4.60. The van der Waals surface area contributed by atoms with Gasteiger partial charge >= 0.3 is 5.97 Å². The van der Waals surface area contributed by atoms with E-state index >= 15 is 0 Å². The number of esters is 1. The zero-order chi connectivity index (χ0) is 14.7. The van der Waals surface area contributed by atoms with Gasteiger partial charge in [0.15, 0.2) is 5.78 Å². The summed E-state index contributed by atoms with van der Waals surface area (Å²) in [6.45, 7) is 1.95. The standard InChI is InChI=1S/C15H15BrO4/c1-2-20-15(19)14-12(7-11(17)8-13(14)18)9-4-3-5-10(16)6-9/h3-6,8,12,14,18H,2,7H2,1H3. The molecule has 1 aromatic carbocycles. The van der Waals surface area contributed by atoms with Crippen molar-refractivity contribution in [1.82, 2.24) is 0 Å². The number of benzene rings is 1. The molecule has 106 valence electrons. The number of carbonyl (C=O) groups is 2. The Morgan fingerprint density at radius 1 is 1.50 bits per heavy atom. The van der Waals surface area contributed by atoms with Gasteiger partial charge in [-0.1, -0.05) is 28.1 Å². The molecular weight excluding hydrogens is 324 g/mol. The van der Waals surface area contributed by atoms with Crippen LogP contribution in [-0.4, -0.2) is 23.5 Å². The molecule has 20 heavy (non-hydrogen) atoms. The second-order valence-electron chi connectivity index (χ2n) is 4.63. The molecule has 5 heteroatoms. The van der Waals surface area contributed by atoms with E-state index in [0.29, 0.717) is 0 Å². The van der Waals surface area contributed by atoms with Crippen LogP contribution in [0, 0.1) is 5.92 Å². The summed E-state index contributed by atoms with van der Waals surface area (Å²) < 4.78 is 5.87. The molecule has 2 unspecified atom stereocenters. The van der Waals surface area contributed by atoms with E-state index in [0.717, 1.165) is 16.1 Å².